The molecule has 4 heterocycles. The van der Waals surface area contributed by atoms with Crippen molar-refractivity contribution in [2.45, 2.75) is 18.9 Å². The molecule has 5 heteroatoms. The lowest BCUT2D eigenvalue weighted by Gasteiger charge is -2.44. The second-order valence-electron chi connectivity index (χ2n) is 7.92. The third-order valence-corrected chi connectivity index (χ3v) is 6.05. The monoisotopic (exact) mass is 387 g/mol. The fourth-order valence-corrected chi connectivity index (χ4v) is 4.46. The molecule has 0 radical (unpaired) electrons. The lowest BCUT2D eigenvalue weighted by molar-refractivity contribution is 0.0606. The molecule has 1 aromatic heterocycles. The lowest BCUT2D eigenvalue weighted by Crippen LogP contribution is -2.57. The highest BCUT2D eigenvalue weighted by atomic mass is 16.3. The fourth-order valence-electron chi connectivity index (χ4n) is 4.46. The van der Waals surface area contributed by atoms with Gasteiger partial charge in [0.15, 0.2) is 5.76 Å². The zero-order valence-electron chi connectivity index (χ0n) is 16.3. The Morgan fingerprint density at radius 1 is 0.931 bits per heavy atom. The molecule has 0 unspecified atom stereocenters. The van der Waals surface area contributed by atoms with Crippen LogP contribution in [0.3, 0.4) is 0 Å². The Balaban J connectivity index is 1.33. The molecule has 148 valence electrons. The summed E-state index contributed by atoms with van der Waals surface area (Å²) in [5.41, 5.74) is 2.88. The third-order valence-electron chi connectivity index (χ3n) is 6.05. The average Bonchev–Trinajstić information content (AvgIpc) is 3.26. The summed E-state index contributed by atoms with van der Waals surface area (Å²) in [4.78, 5) is 15.2. The molecule has 0 aliphatic carbocycles. The molecule has 1 amide bonds. The normalized spacial score (nSPS) is 23.0. The van der Waals surface area contributed by atoms with Crippen molar-refractivity contribution in [2.24, 2.45) is 5.92 Å². The van der Waals surface area contributed by atoms with Crippen molar-refractivity contribution in [3.63, 3.8) is 0 Å². The highest BCUT2D eigenvalue weighted by Crippen LogP contribution is 2.32. The minimum absolute atomic E-state index is 0.122. The van der Waals surface area contributed by atoms with Crippen LogP contribution in [0.15, 0.2) is 71.1 Å². The first-order chi connectivity index (χ1) is 14.3. The quantitative estimate of drug-likeness (QED) is 0.676. The van der Waals surface area contributed by atoms with E-state index in [1.807, 2.05) is 60.7 Å². The van der Waals surface area contributed by atoms with E-state index in [-0.39, 0.29) is 11.9 Å². The van der Waals surface area contributed by atoms with Crippen LogP contribution in [0.1, 0.15) is 23.4 Å². The van der Waals surface area contributed by atoms with Crippen LogP contribution >= 0.6 is 0 Å². The van der Waals surface area contributed by atoms with Crippen molar-refractivity contribution < 1.29 is 9.21 Å². The Kier molecular flexibility index (Phi) is 4.82. The second-order valence-corrected chi connectivity index (χ2v) is 7.92. The molecule has 1 atom stereocenters. The Bertz CT molecular complexity index is 990. The van der Waals surface area contributed by atoms with Crippen molar-refractivity contribution >= 4 is 17.3 Å². The molecule has 3 aromatic rings. The molecule has 3 saturated heterocycles. The number of carbonyl (C=O) groups is 1. The highest BCUT2D eigenvalue weighted by molar-refractivity contribution is 5.92. The van der Waals surface area contributed by atoms with E-state index >= 15 is 0 Å². The third kappa shape index (κ3) is 3.78. The molecule has 0 saturated carbocycles. The number of hydrogen-bond donors (Lipinski definition) is 2. The average molecular weight is 387 g/mol. The first kappa shape index (κ1) is 18.0. The molecule has 2 aromatic carbocycles. The van der Waals surface area contributed by atoms with Gasteiger partial charge < -0.3 is 20.0 Å². The molecule has 3 aliphatic rings. The SMILES string of the molecule is O=C(N[C@H]1CN2CCC1CC2)c1ccc(-c2ccccc2Nc2ccccc2)o1. The Morgan fingerprint density at radius 3 is 2.45 bits per heavy atom. The number of fused-ring (bicyclic) bond motifs is 3. The zero-order chi connectivity index (χ0) is 19.6. The van der Waals surface area contributed by atoms with E-state index in [2.05, 4.69) is 15.5 Å². The fraction of sp³-hybridized carbons (Fsp3) is 0.292. The number of rotatable bonds is 5. The van der Waals surface area contributed by atoms with Gasteiger partial charge in [0.05, 0.1) is 0 Å². The van der Waals surface area contributed by atoms with Gasteiger partial charge in [-0.3, -0.25) is 4.79 Å². The Morgan fingerprint density at radius 2 is 1.69 bits per heavy atom. The number of furan rings is 1. The molecule has 29 heavy (non-hydrogen) atoms. The number of nitrogens with zero attached hydrogens (tertiary/aromatic N) is 1. The largest absolute Gasteiger partial charge is 0.451 e. The number of piperidine rings is 3. The van der Waals surface area contributed by atoms with Crippen LogP contribution < -0.4 is 10.6 Å². The minimum atomic E-state index is -0.122. The van der Waals surface area contributed by atoms with E-state index in [0.717, 1.165) is 36.6 Å². The maximum absolute atomic E-state index is 12.8. The van der Waals surface area contributed by atoms with Gasteiger partial charge in [0.2, 0.25) is 0 Å². The topological polar surface area (TPSA) is 57.5 Å². The molecular formula is C24H25N3O2. The number of carbonyl (C=O) groups excluding carboxylic acids is 1. The van der Waals surface area contributed by atoms with Crippen LogP contribution in [0.4, 0.5) is 11.4 Å². The smallest absolute Gasteiger partial charge is 0.287 e. The lowest BCUT2D eigenvalue weighted by atomic mass is 9.84. The summed E-state index contributed by atoms with van der Waals surface area (Å²) in [7, 11) is 0. The number of amides is 1. The number of nitrogens with one attached hydrogen (secondary N) is 2. The zero-order valence-corrected chi connectivity index (χ0v) is 16.3. The summed E-state index contributed by atoms with van der Waals surface area (Å²) >= 11 is 0. The van der Waals surface area contributed by atoms with Gasteiger partial charge in [-0.2, -0.15) is 0 Å². The predicted molar refractivity (Wildman–Crippen MR) is 114 cm³/mol. The minimum Gasteiger partial charge on any atom is -0.451 e. The molecular weight excluding hydrogens is 362 g/mol. The van der Waals surface area contributed by atoms with E-state index in [1.54, 1.807) is 6.07 Å². The summed E-state index contributed by atoms with van der Waals surface area (Å²) in [5.74, 6) is 1.52. The summed E-state index contributed by atoms with van der Waals surface area (Å²) in [5, 5.41) is 6.62. The van der Waals surface area contributed by atoms with E-state index < -0.39 is 0 Å². The molecule has 0 spiro atoms. The molecule has 6 rings (SSSR count). The maximum Gasteiger partial charge on any atom is 0.287 e. The number of para-hydroxylation sites is 2. The first-order valence-electron chi connectivity index (χ1n) is 10.3. The van der Waals surface area contributed by atoms with E-state index in [9.17, 15) is 4.79 Å². The van der Waals surface area contributed by atoms with Gasteiger partial charge >= 0.3 is 0 Å². The van der Waals surface area contributed by atoms with Crippen LogP contribution in [-0.2, 0) is 0 Å². The molecule has 3 aliphatic heterocycles. The maximum atomic E-state index is 12.8. The van der Waals surface area contributed by atoms with Gasteiger partial charge in [-0.25, -0.2) is 0 Å². The highest BCUT2D eigenvalue weighted by Gasteiger charge is 2.35. The second kappa shape index (κ2) is 7.76. The van der Waals surface area contributed by atoms with Gasteiger partial charge in [0.1, 0.15) is 5.76 Å². The van der Waals surface area contributed by atoms with Crippen molar-refractivity contribution in [3.8, 4) is 11.3 Å². The van der Waals surface area contributed by atoms with Crippen LogP contribution in [0.5, 0.6) is 0 Å². The van der Waals surface area contributed by atoms with Gasteiger partial charge in [-0.1, -0.05) is 30.3 Å². The Labute approximate surface area is 170 Å². The van der Waals surface area contributed by atoms with E-state index in [1.165, 1.54) is 12.8 Å². The number of benzene rings is 2. The predicted octanol–water partition coefficient (Wildman–Crippen LogP) is 4.51. The van der Waals surface area contributed by atoms with Crippen molar-refractivity contribution in [1.82, 2.24) is 10.2 Å². The summed E-state index contributed by atoms with van der Waals surface area (Å²) in [6, 6.07) is 21.9. The molecule has 3 fully saturated rings. The van der Waals surface area contributed by atoms with Crippen LogP contribution in [0.2, 0.25) is 0 Å². The van der Waals surface area contributed by atoms with Gasteiger partial charge in [0.25, 0.3) is 5.91 Å². The van der Waals surface area contributed by atoms with Crippen LogP contribution in [-0.4, -0.2) is 36.5 Å². The summed E-state index contributed by atoms with van der Waals surface area (Å²) < 4.78 is 5.97. The first-order valence-corrected chi connectivity index (χ1v) is 10.3. The molecule has 2 bridgehead atoms. The van der Waals surface area contributed by atoms with Crippen molar-refractivity contribution in [2.75, 3.05) is 25.0 Å². The van der Waals surface area contributed by atoms with Crippen LogP contribution in [0, 0.1) is 5.92 Å². The van der Waals surface area contributed by atoms with Crippen LogP contribution in [0.25, 0.3) is 11.3 Å². The Hall–Kier alpha value is -3.05. The number of hydrogen-bond acceptors (Lipinski definition) is 4. The van der Waals surface area contributed by atoms with E-state index in [4.69, 9.17) is 4.42 Å². The summed E-state index contributed by atoms with van der Waals surface area (Å²) in [6.45, 7) is 3.27. The van der Waals surface area contributed by atoms with Crippen molar-refractivity contribution in [3.05, 3.63) is 72.5 Å². The van der Waals surface area contributed by atoms with Crippen molar-refractivity contribution in [1.29, 1.82) is 0 Å². The molecule has 2 N–H and O–H groups in total. The molecule has 5 nitrogen and oxygen atoms in total. The standard InChI is InChI=1S/C24H25N3O2/c28-24(26-21-16-27-14-12-17(21)13-15-27)23-11-10-22(29-23)19-8-4-5-9-20(19)25-18-6-2-1-3-7-18/h1-11,17,21,25H,12-16H2,(H,26,28)/t21-/m0/s1. The number of anilines is 2. The van der Waals surface area contributed by atoms with Gasteiger partial charge in [0, 0.05) is 29.5 Å². The van der Waals surface area contributed by atoms with Gasteiger partial charge in [-0.15, -0.1) is 0 Å². The van der Waals surface area contributed by atoms with E-state index in [0.29, 0.717) is 17.4 Å². The van der Waals surface area contributed by atoms with Gasteiger partial charge in [-0.05, 0) is 68.2 Å². The summed E-state index contributed by atoms with van der Waals surface area (Å²) in [6.07, 6.45) is 2.35.